The van der Waals surface area contributed by atoms with Crippen LogP contribution in [0.25, 0.3) is 0 Å². The molecule has 15 heavy (non-hydrogen) atoms. The lowest BCUT2D eigenvalue weighted by Crippen LogP contribution is -1.90. The van der Waals surface area contributed by atoms with E-state index in [0.717, 1.165) is 12.8 Å². The topological polar surface area (TPSA) is 17.1 Å². The highest BCUT2D eigenvalue weighted by atomic mass is 16.1. The molecule has 0 bridgehead atoms. The molecule has 0 aliphatic carbocycles. The molecule has 0 saturated heterocycles. The Bertz CT molecular complexity index is 291. The van der Waals surface area contributed by atoms with Crippen molar-refractivity contribution in [1.29, 1.82) is 0 Å². The third kappa shape index (κ3) is 4.78. The molecule has 0 amide bonds. The summed E-state index contributed by atoms with van der Waals surface area (Å²) in [6.07, 6.45) is 8.07. The van der Waals surface area contributed by atoms with Crippen LogP contribution in [0.4, 0.5) is 0 Å². The SMILES string of the molecule is CCCCc1cccc(CCC[C]=O)c1. The van der Waals surface area contributed by atoms with Gasteiger partial charge >= 0.3 is 0 Å². The van der Waals surface area contributed by atoms with Crippen LogP contribution in [0, 0.1) is 0 Å². The fourth-order valence-electron chi connectivity index (χ4n) is 1.69. The minimum absolute atomic E-state index is 0.555. The summed E-state index contributed by atoms with van der Waals surface area (Å²) in [6, 6.07) is 8.71. The molecule has 1 nitrogen and oxygen atoms in total. The van der Waals surface area contributed by atoms with Gasteiger partial charge in [0, 0.05) is 6.42 Å². The van der Waals surface area contributed by atoms with Crippen molar-refractivity contribution >= 4 is 6.29 Å². The van der Waals surface area contributed by atoms with Gasteiger partial charge in [-0.25, -0.2) is 0 Å². The first kappa shape index (κ1) is 12.0. The zero-order valence-electron chi connectivity index (χ0n) is 9.46. The number of hydrogen-bond donors (Lipinski definition) is 0. The van der Waals surface area contributed by atoms with Gasteiger partial charge in [0.05, 0.1) is 0 Å². The molecule has 0 aliphatic heterocycles. The van der Waals surface area contributed by atoms with Gasteiger partial charge in [-0.1, -0.05) is 37.6 Å². The molecule has 0 heterocycles. The molecule has 0 spiro atoms. The molecule has 1 radical (unpaired) electrons. The molecule has 0 aromatic heterocycles. The molecular formula is C14H19O. The zero-order chi connectivity index (χ0) is 10.9. The van der Waals surface area contributed by atoms with Crippen LogP contribution in [0.2, 0.25) is 0 Å². The van der Waals surface area contributed by atoms with Gasteiger partial charge in [0.2, 0.25) is 0 Å². The Balaban J connectivity index is 2.46. The lowest BCUT2D eigenvalue weighted by atomic mass is 10.0. The van der Waals surface area contributed by atoms with Crippen molar-refractivity contribution in [1.82, 2.24) is 0 Å². The van der Waals surface area contributed by atoms with E-state index in [1.54, 1.807) is 0 Å². The van der Waals surface area contributed by atoms with E-state index in [-0.39, 0.29) is 0 Å². The van der Waals surface area contributed by atoms with Gasteiger partial charge in [-0.2, -0.15) is 0 Å². The third-order valence-electron chi connectivity index (χ3n) is 2.55. The van der Waals surface area contributed by atoms with Crippen LogP contribution in [0.1, 0.15) is 43.7 Å². The summed E-state index contributed by atoms with van der Waals surface area (Å²) in [7, 11) is 0. The van der Waals surface area contributed by atoms with Crippen LogP contribution in [0.3, 0.4) is 0 Å². The van der Waals surface area contributed by atoms with Crippen molar-refractivity contribution in [3.63, 3.8) is 0 Å². The molecule has 0 N–H and O–H groups in total. The molecule has 0 unspecified atom stereocenters. The van der Waals surface area contributed by atoms with E-state index in [1.807, 2.05) is 6.29 Å². The van der Waals surface area contributed by atoms with Gasteiger partial charge in [-0.05, 0) is 36.8 Å². The Labute approximate surface area is 92.5 Å². The van der Waals surface area contributed by atoms with Gasteiger partial charge in [0.15, 0.2) is 6.29 Å². The molecule has 81 valence electrons. The quantitative estimate of drug-likeness (QED) is 0.620. The maximum Gasteiger partial charge on any atom is 0.198 e. The molecule has 0 aliphatic rings. The second kappa shape index (κ2) is 7.22. The van der Waals surface area contributed by atoms with Crippen LogP contribution < -0.4 is 0 Å². The highest BCUT2D eigenvalue weighted by Gasteiger charge is 1.96. The molecule has 0 saturated carbocycles. The highest BCUT2D eigenvalue weighted by molar-refractivity contribution is 5.50. The Morgan fingerprint density at radius 3 is 2.40 bits per heavy atom. The fourth-order valence-corrected chi connectivity index (χ4v) is 1.69. The molecule has 1 rings (SSSR count). The van der Waals surface area contributed by atoms with Crippen molar-refractivity contribution in [3.05, 3.63) is 35.4 Å². The van der Waals surface area contributed by atoms with E-state index >= 15 is 0 Å². The van der Waals surface area contributed by atoms with Crippen LogP contribution in [0.15, 0.2) is 24.3 Å². The number of carbonyl (C=O) groups excluding carboxylic acids is 1. The van der Waals surface area contributed by atoms with Crippen LogP contribution in [0.5, 0.6) is 0 Å². The van der Waals surface area contributed by atoms with Crippen molar-refractivity contribution in [2.45, 2.75) is 45.4 Å². The number of aryl methyl sites for hydroxylation is 2. The van der Waals surface area contributed by atoms with E-state index in [2.05, 4.69) is 31.2 Å². The first-order valence-corrected chi connectivity index (χ1v) is 5.79. The minimum Gasteiger partial charge on any atom is -0.291 e. The van der Waals surface area contributed by atoms with Crippen molar-refractivity contribution in [3.8, 4) is 0 Å². The Hall–Kier alpha value is -1.11. The summed E-state index contributed by atoms with van der Waals surface area (Å²) >= 11 is 0. The average Bonchev–Trinajstić information content (AvgIpc) is 2.27. The van der Waals surface area contributed by atoms with Crippen LogP contribution >= 0.6 is 0 Å². The van der Waals surface area contributed by atoms with Crippen molar-refractivity contribution < 1.29 is 4.79 Å². The predicted octanol–water partition coefficient (Wildman–Crippen LogP) is 3.46. The largest absolute Gasteiger partial charge is 0.291 e. The smallest absolute Gasteiger partial charge is 0.198 e. The van der Waals surface area contributed by atoms with Crippen molar-refractivity contribution in [2.24, 2.45) is 0 Å². The zero-order valence-corrected chi connectivity index (χ0v) is 9.46. The van der Waals surface area contributed by atoms with Gasteiger partial charge in [0.1, 0.15) is 0 Å². The predicted molar refractivity (Wildman–Crippen MR) is 63.7 cm³/mol. The minimum atomic E-state index is 0.555. The highest BCUT2D eigenvalue weighted by Crippen LogP contribution is 2.10. The monoisotopic (exact) mass is 203 g/mol. The molecular weight excluding hydrogens is 184 g/mol. The first-order valence-electron chi connectivity index (χ1n) is 5.79. The second-order valence-electron chi connectivity index (χ2n) is 3.92. The van der Waals surface area contributed by atoms with Crippen LogP contribution in [-0.4, -0.2) is 6.29 Å². The number of rotatable bonds is 7. The normalized spacial score (nSPS) is 10.2. The van der Waals surface area contributed by atoms with Gasteiger partial charge in [-0.15, -0.1) is 0 Å². The fraction of sp³-hybridized carbons (Fsp3) is 0.500. The first-order chi connectivity index (χ1) is 7.36. The summed E-state index contributed by atoms with van der Waals surface area (Å²) in [5, 5.41) is 0. The summed E-state index contributed by atoms with van der Waals surface area (Å²) in [5.41, 5.74) is 2.77. The third-order valence-corrected chi connectivity index (χ3v) is 2.55. The maximum absolute atomic E-state index is 10.1. The second-order valence-corrected chi connectivity index (χ2v) is 3.92. The number of hydrogen-bond acceptors (Lipinski definition) is 1. The van der Waals surface area contributed by atoms with Gasteiger partial charge < -0.3 is 0 Å². The van der Waals surface area contributed by atoms with E-state index in [4.69, 9.17) is 0 Å². The van der Waals surface area contributed by atoms with E-state index < -0.39 is 0 Å². The molecule has 1 aromatic carbocycles. The Morgan fingerprint density at radius 1 is 1.13 bits per heavy atom. The Kier molecular flexibility index (Phi) is 5.76. The molecule has 1 aromatic rings. The summed E-state index contributed by atoms with van der Waals surface area (Å²) in [4.78, 5) is 10.1. The number of benzene rings is 1. The van der Waals surface area contributed by atoms with Crippen molar-refractivity contribution in [2.75, 3.05) is 0 Å². The average molecular weight is 203 g/mol. The number of unbranched alkanes of at least 4 members (excludes halogenated alkanes) is 2. The summed E-state index contributed by atoms with van der Waals surface area (Å²) in [6.45, 7) is 2.21. The molecule has 0 atom stereocenters. The Morgan fingerprint density at radius 2 is 1.80 bits per heavy atom. The van der Waals surface area contributed by atoms with E-state index in [1.165, 1.54) is 30.4 Å². The molecule has 1 heteroatoms. The van der Waals surface area contributed by atoms with E-state index in [0.29, 0.717) is 6.42 Å². The lowest BCUT2D eigenvalue weighted by Gasteiger charge is -2.03. The summed E-state index contributed by atoms with van der Waals surface area (Å²) in [5.74, 6) is 0. The molecule has 0 fully saturated rings. The van der Waals surface area contributed by atoms with Gasteiger partial charge in [-0.3, -0.25) is 4.79 Å². The van der Waals surface area contributed by atoms with E-state index in [9.17, 15) is 4.79 Å². The maximum atomic E-state index is 10.1. The lowest BCUT2D eigenvalue weighted by molar-refractivity contribution is 0.548. The summed E-state index contributed by atoms with van der Waals surface area (Å²) < 4.78 is 0. The van der Waals surface area contributed by atoms with Gasteiger partial charge in [0.25, 0.3) is 0 Å². The standard InChI is InChI=1S/C14H19O/c1-2-3-7-13-9-6-10-14(12-13)8-4-5-11-15/h6,9-10,12H,2-5,7-8H2,1H3. The van der Waals surface area contributed by atoms with Crippen LogP contribution in [-0.2, 0) is 17.6 Å².